The summed E-state index contributed by atoms with van der Waals surface area (Å²) in [6, 6.07) is 8.67. The number of nitrogens with one attached hydrogen (secondary N) is 3. The zero-order valence-electron chi connectivity index (χ0n) is 38.5. The maximum absolute atomic E-state index is 14.6. The number of alkyl halides is 2. The van der Waals surface area contributed by atoms with Crippen molar-refractivity contribution in [3.05, 3.63) is 75.0 Å². The fourth-order valence-electron chi connectivity index (χ4n) is 10.7. The number of hydrogen-bond acceptors (Lipinski definition) is 12. The fourth-order valence-corrected chi connectivity index (χ4v) is 10.7. The normalized spacial score (nSPS) is 21.6. The number of anilines is 2. The maximum atomic E-state index is 14.6. The second kappa shape index (κ2) is 20.5. The molecule has 3 amide bonds. The SMILES string of the molecule is CN=CC(=CN)c1cc2c(cc1C(F)F)N(C(N)C1=C(NC3CCN(CCN4CCC(CNc5cccc6c5n(C)c(=O)n6C5CCC(=O)NC5=O)CC4)CC3)CCN(C(C)=O)C1)CCC2. The van der Waals surface area contributed by atoms with E-state index in [1.807, 2.05) is 34.1 Å². The number of nitrogens with zero attached hydrogens (tertiary/aromatic N) is 7. The van der Waals surface area contributed by atoms with Crippen molar-refractivity contribution in [3.63, 3.8) is 0 Å². The van der Waals surface area contributed by atoms with Crippen LogP contribution in [0.3, 0.4) is 0 Å². The van der Waals surface area contributed by atoms with Gasteiger partial charge in [-0.25, -0.2) is 13.6 Å². The fraction of sp³-hybridized carbons (Fsp3) is 0.562. The van der Waals surface area contributed by atoms with Crippen molar-refractivity contribution >= 4 is 51.9 Å². The Morgan fingerprint density at radius 1 is 0.970 bits per heavy atom. The van der Waals surface area contributed by atoms with Gasteiger partial charge in [-0.1, -0.05) is 6.07 Å². The van der Waals surface area contributed by atoms with Crippen molar-refractivity contribution < 1.29 is 23.2 Å². The highest BCUT2D eigenvalue weighted by Gasteiger charge is 2.35. The number of hydrogen-bond donors (Lipinski definition) is 5. The molecular formula is C48H66F2N12O4. The first-order valence-electron chi connectivity index (χ1n) is 23.6. The molecule has 7 N–H and O–H groups in total. The van der Waals surface area contributed by atoms with Crippen LogP contribution in [0.5, 0.6) is 0 Å². The van der Waals surface area contributed by atoms with E-state index < -0.39 is 24.5 Å². The van der Waals surface area contributed by atoms with Crippen LogP contribution in [-0.4, -0.2) is 132 Å². The van der Waals surface area contributed by atoms with Gasteiger partial charge >= 0.3 is 5.69 Å². The first-order chi connectivity index (χ1) is 31.8. The van der Waals surface area contributed by atoms with E-state index in [2.05, 4.69) is 30.7 Å². The largest absolute Gasteiger partial charge is 0.404 e. The van der Waals surface area contributed by atoms with E-state index >= 15 is 0 Å². The predicted molar refractivity (Wildman–Crippen MR) is 254 cm³/mol. The number of imidazole rings is 1. The summed E-state index contributed by atoms with van der Waals surface area (Å²) in [6.07, 6.45) is 6.31. The van der Waals surface area contributed by atoms with E-state index in [-0.39, 0.29) is 35.5 Å². The molecule has 0 radical (unpaired) electrons. The van der Waals surface area contributed by atoms with Crippen molar-refractivity contribution in [2.45, 2.75) is 89.4 Å². The van der Waals surface area contributed by atoms with Crippen LogP contribution in [0.1, 0.15) is 87.4 Å². The molecule has 2 atom stereocenters. The number of aromatic nitrogens is 2. The summed E-state index contributed by atoms with van der Waals surface area (Å²) in [6.45, 7) is 9.99. The summed E-state index contributed by atoms with van der Waals surface area (Å²) >= 11 is 0. The molecule has 3 aromatic rings. The van der Waals surface area contributed by atoms with Crippen LogP contribution in [-0.2, 0) is 27.9 Å². The number of fused-ring (bicyclic) bond motifs is 2. The molecule has 18 heteroatoms. The van der Waals surface area contributed by atoms with Gasteiger partial charge in [-0.15, -0.1) is 0 Å². The van der Waals surface area contributed by atoms with Crippen molar-refractivity contribution in [2.75, 3.05) is 82.7 Å². The summed E-state index contributed by atoms with van der Waals surface area (Å²) in [5.74, 6) is -0.273. The first kappa shape index (κ1) is 46.9. The van der Waals surface area contributed by atoms with Gasteiger partial charge in [-0.2, -0.15) is 0 Å². The maximum Gasteiger partial charge on any atom is 0.329 e. The number of aliphatic imine (C=N–C) groups is 1. The molecular weight excluding hydrogens is 847 g/mol. The van der Waals surface area contributed by atoms with E-state index in [1.165, 1.54) is 17.0 Å². The molecule has 356 valence electrons. The Morgan fingerprint density at radius 2 is 1.70 bits per heavy atom. The predicted octanol–water partition coefficient (Wildman–Crippen LogP) is 3.68. The smallest absolute Gasteiger partial charge is 0.329 e. The Hall–Kier alpha value is -5.59. The summed E-state index contributed by atoms with van der Waals surface area (Å²) in [4.78, 5) is 63.5. The van der Waals surface area contributed by atoms with Gasteiger partial charge in [0.1, 0.15) is 12.2 Å². The molecule has 16 nitrogen and oxygen atoms in total. The van der Waals surface area contributed by atoms with Gasteiger partial charge in [0.15, 0.2) is 0 Å². The van der Waals surface area contributed by atoms with Crippen molar-refractivity contribution in [1.82, 2.24) is 34.5 Å². The number of rotatable bonds is 14. The topological polar surface area (TPSA) is 192 Å². The summed E-state index contributed by atoms with van der Waals surface area (Å²) < 4.78 is 32.3. The number of para-hydroxylation sites is 1. The number of likely N-dealkylation sites (tertiary alicyclic amines) is 2. The number of allylic oxidation sites excluding steroid dienone is 1. The number of carbonyl (C=O) groups is 3. The lowest BCUT2D eigenvalue weighted by Gasteiger charge is -2.42. The number of imide groups is 1. The highest BCUT2D eigenvalue weighted by Crippen LogP contribution is 2.39. The molecule has 3 fully saturated rings. The molecule has 0 saturated carbocycles. The number of carbonyl (C=O) groups excluding carboxylic acids is 3. The molecule has 8 rings (SSSR count). The van der Waals surface area contributed by atoms with E-state index in [0.29, 0.717) is 60.7 Å². The van der Waals surface area contributed by atoms with Crippen molar-refractivity contribution in [3.8, 4) is 0 Å². The number of halogens is 2. The summed E-state index contributed by atoms with van der Waals surface area (Å²) in [7, 11) is 3.31. The number of amides is 3. The average molecular weight is 913 g/mol. The molecule has 0 bridgehead atoms. The Balaban J connectivity index is 0.841. The average Bonchev–Trinajstić information content (AvgIpc) is 3.57. The molecule has 5 aliphatic heterocycles. The number of piperidine rings is 3. The summed E-state index contributed by atoms with van der Waals surface area (Å²) in [5, 5.41) is 9.87. The van der Waals surface area contributed by atoms with E-state index in [0.717, 1.165) is 112 Å². The van der Waals surface area contributed by atoms with Gasteiger partial charge in [0.05, 0.1) is 16.7 Å². The first-order valence-corrected chi connectivity index (χ1v) is 23.6. The summed E-state index contributed by atoms with van der Waals surface area (Å²) in [5.41, 5.74) is 19.4. The zero-order valence-corrected chi connectivity index (χ0v) is 38.5. The molecule has 0 spiro atoms. The highest BCUT2D eigenvalue weighted by molar-refractivity contribution is 6.10. The van der Waals surface area contributed by atoms with Crippen LogP contribution < -0.4 is 38.0 Å². The Labute approximate surface area is 385 Å². The van der Waals surface area contributed by atoms with Gasteiger partial charge < -0.3 is 41.7 Å². The molecule has 2 unspecified atom stereocenters. The minimum Gasteiger partial charge on any atom is -0.404 e. The lowest BCUT2D eigenvalue weighted by atomic mass is 9.91. The number of aryl methyl sites for hydroxylation is 2. The van der Waals surface area contributed by atoms with Gasteiger partial charge in [0.25, 0.3) is 6.43 Å². The minimum absolute atomic E-state index is 0.0151. The zero-order chi connectivity index (χ0) is 46.6. The molecule has 6 heterocycles. The van der Waals surface area contributed by atoms with Crippen LogP contribution >= 0.6 is 0 Å². The third kappa shape index (κ3) is 9.91. The van der Waals surface area contributed by atoms with Gasteiger partial charge in [-0.3, -0.25) is 33.8 Å². The van der Waals surface area contributed by atoms with Gasteiger partial charge in [0.2, 0.25) is 17.7 Å². The van der Waals surface area contributed by atoms with Gasteiger partial charge in [0, 0.05) is 133 Å². The van der Waals surface area contributed by atoms with Crippen molar-refractivity contribution in [1.29, 1.82) is 0 Å². The molecule has 1 aromatic heterocycles. The van der Waals surface area contributed by atoms with Crippen LogP contribution in [0, 0.1) is 5.92 Å². The standard InChI is InChI=1S/C48H66F2N12O4/c1-30(63)60-21-15-38(37(29-60)46(52)61-16-5-6-32-24-35(33(26-51)28-53-2)36(45(49)50)25-42(32)61)55-34-13-19-59(20-14-34)23-22-58-17-11-31(12-18-58)27-54-39-7-4-8-40-44(39)57(3)48(66)62(40)41-9-10-43(64)56-47(41)65/h4,7-8,24-26,28,31,34,41,45-46,54-55H,5-6,9-23,27,29,51-52H2,1-3H3,(H,56,64,65). The molecule has 0 aliphatic carbocycles. The van der Waals surface area contributed by atoms with Crippen LogP contribution in [0.2, 0.25) is 0 Å². The Kier molecular flexibility index (Phi) is 14.6. The minimum atomic E-state index is -2.72. The van der Waals surface area contributed by atoms with Crippen LogP contribution in [0.25, 0.3) is 16.6 Å². The monoisotopic (exact) mass is 913 g/mol. The lowest BCUT2D eigenvalue weighted by molar-refractivity contribution is -0.135. The van der Waals surface area contributed by atoms with Crippen molar-refractivity contribution in [2.24, 2.45) is 29.4 Å². The van der Waals surface area contributed by atoms with E-state index in [4.69, 9.17) is 11.5 Å². The lowest BCUT2D eigenvalue weighted by Crippen LogP contribution is -2.53. The van der Waals surface area contributed by atoms with Crippen LogP contribution in [0.15, 0.2) is 57.6 Å². The Bertz CT molecular complexity index is 2450. The quantitative estimate of drug-likeness (QED) is 0.117. The highest BCUT2D eigenvalue weighted by atomic mass is 19.3. The molecule has 3 saturated heterocycles. The molecule has 66 heavy (non-hydrogen) atoms. The third-order valence-electron chi connectivity index (χ3n) is 14.5. The van der Waals surface area contributed by atoms with Crippen LogP contribution in [0.4, 0.5) is 20.2 Å². The Morgan fingerprint density at radius 3 is 2.36 bits per heavy atom. The second-order valence-electron chi connectivity index (χ2n) is 18.6. The van der Waals surface area contributed by atoms with E-state index in [1.54, 1.807) is 31.7 Å². The van der Waals surface area contributed by atoms with Gasteiger partial charge in [-0.05, 0) is 99.3 Å². The third-order valence-corrected chi connectivity index (χ3v) is 14.5. The van der Waals surface area contributed by atoms with E-state index in [9.17, 15) is 28.0 Å². The molecule has 5 aliphatic rings. The molecule has 2 aromatic carbocycles. The number of nitrogens with two attached hydrogens (primary N) is 2. The number of benzene rings is 2. The second-order valence-corrected chi connectivity index (χ2v) is 18.6.